The Hall–Kier alpha value is -1.04. The lowest BCUT2D eigenvalue weighted by Gasteiger charge is -2.20. The quantitative estimate of drug-likeness (QED) is 0.647. The molecule has 1 aromatic carbocycles. The second-order valence-corrected chi connectivity index (χ2v) is 4.51. The molecule has 1 aliphatic rings. The van der Waals surface area contributed by atoms with Crippen LogP contribution in [0.2, 0.25) is 0 Å². The summed E-state index contributed by atoms with van der Waals surface area (Å²) in [7, 11) is 0. The monoisotopic (exact) mass is 200 g/mol. The fourth-order valence-corrected chi connectivity index (χ4v) is 2.46. The highest BCUT2D eigenvalue weighted by Crippen LogP contribution is 2.33. The van der Waals surface area contributed by atoms with Crippen LogP contribution in [0.25, 0.3) is 5.57 Å². The Bertz CT molecular complexity index is 354. The van der Waals surface area contributed by atoms with E-state index < -0.39 is 0 Å². The molecule has 0 amide bonds. The second kappa shape index (κ2) is 4.65. The van der Waals surface area contributed by atoms with Crippen molar-refractivity contribution in [2.75, 3.05) is 0 Å². The van der Waals surface area contributed by atoms with Gasteiger partial charge in [-0.1, -0.05) is 42.3 Å². The molecular weight excluding hydrogens is 180 g/mol. The van der Waals surface area contributed by atoms with Crippen LogP contribution in [-0.2, 0) is 0 Å². The molecule has 0 bridgehead atoms. The van der Waals surface area contributed by atoms with Gasteiger partial charge in [-0.3, -0.25) is 0 Å². The van der Waals surface area contributed by atoms with E-state index in [4.69, 9.17) is 0 Å². The van der Waals surface area contributed by atoms with Gasteiger partial charge in [0.1, 0.15) is 0 Å². The van der Waals surface area contributed by atoms with E-state index in [0.29, 0.717) is 0 Å². The van der Waals surface area contributed by atoms with Gasteiger partial charge in [0.2, 0.25) is 0 Å². The average molecular weight is 200 g/mol. The maximum Gasteiger partial charge on any atom is -0.0225 e. The summed E-state index contributed by atoms with van der Waals surface area (Å²) in [5.41, 5.74) is 6.12. The lowest BCUT2D eigenvalue weighted by molar-refractivity contribution is 0.697. The molecule has 2 rings (SSSR count). The van der Waals surface area contributed by atoms with Gasteiger partial charge in [0.25, 0.3) is 0 Å². The Morgan fingerprint density at radius 2 is 1.67 bits per heavy atom. The molecule has 80 valence electrons. The molecule has 0 heterocycles. The van der Waals surface area contributed by atoms with Gasteiger partial charge in [-0.2, -0.15) is 0 Å². The minimum Gasteiger partial charge on any atom is -0.0667 e. The molecule has 0 heteroatoms. The number of rotatable bonds is 2. The Morgan fingerprint density at radius 1 is 1.00 bits per heavy atom. The Balaban J connectivity index is 2.35. The first-order valence-electron chi connectivity index (χ1n) is 6.09. The third kappa shape index (κ3) is 2.31. The number of allylic oxidation sites excluding steroid dienone is 2. The molecule has 0 N–H and O–H groups in total. The molecule has 15 heavy (non-hydrogen) atoms. The topological polar surface area (TPSA) is 0 Å². The van der Waals surface area contributed by atoms with E-state index in [9.17, 15) is 0 Å². The third-order valence-electron chi connectivity index (χ3n) is 3.41. The maximum absolute atomic E-state index is 2.29. The summed E-state index contributed by atoms with van der Waals surface area (Å²) in [4.78, 5) is 0. The summed E-state index contributed by atoms with van der Waals surface area (Å²) in [6.45, 7) is 4.44. The predicted octanol–water partition coefficient (Wildman–Crippen LogP) is 4.73. The number of hydrogen-bond donors (Lipinski definition) is 0. The van der Waals surface area contributed by atoms with Crippen molar-refractivity contribution in [3.63, 3.8) is 0 Å². The van der Waals surface area contributed by atoms with Crippen molar-refractivity contribution in [1.29, 1.82) is 0 Å². The maximum atomic E-state index is 2.29. The molecule has 1 aromatic rings. The van der Waals surface area contributed by atoms with Crippen molar-refractivity contribution in [3.05, 3.63) is 41.0 Å². The molecule has 0 fully saturated rings. The van der Waals surface area contributed by atoms with Crippen LogP contribution in [0, 0.1) is 6.92 Å². The standard InChI is InChI=1S/C15H20/c1-3-13-6-4-5-7-15(13)14-10-8-12(2)9-11-14/h8-11H,3-7H2,1-2H3. The van der Waals surface area contributed by atoms with Gasteiger partial charge in [0.15, 0.2) is 0 Å². The van der Waals surface area contributed by atoms with Gasteiger partial charge in [-0.15, -0.1) is 0 Å². The Labute approximate surface area is 93.0 Å². The number of benzene rings is 1. The molecule has 1 aliphatic carbocycles. The van der Waals surface area contributed by atoms with Gasteiger partial charge in [-0.25, -0.2) is 0 Å². The molecule has 0 spiro atoms. The molecule has 0 saturated heterocycles. The molecule has 0 aromatic heterocycles. The van der Waals surface area contributed by atoms with Crippen molar-refractivity contribution in [2.45, 2.75) is 46.0 Å². The van der Waals surface area contributed by atoms with Crippen LogP contribution < -0.4 is 0 Å². The lowest BCUT2D eigenvalue weighted by atomic mass is 9.86. The first-order valence-corrected chi connectivity index (χ1v) is 6.09. The fourth-order valence-electron chi connectivity index (χ4n) is 2.46. The largest absolute Gasteiger partial charge is 0.0667 e. The minimum atomic E-state index is 1.23. The van der Waals surface area contributed by atoms with Crippen molar-refractivity contribution in [1.82, 2.24) is 0 Å². The lowest BCUT2D eigenvalue weighted by Crippen LogP contribution is -1.98. The molecule has 0 atom stereocenters. The van der Waals surface area contributed by atoms with E-state index in [1.807, 2.05) is 0 Å². The van der Waals surface area contributed by atoms with E-state index in [-0.39, 0.29) is 0 Å². The van der Waals surface area contributed by atoms with Crippen LogP contribution in [-0.4, -0.2) is 0 Å². The number of hydrogen-bond acceptors (Lipinski definition) is 0. The van der Waals surface area contributed by atoms with Gasteiger partial charge < -0.3 is 0 Å². The first-order chi connectivity index (χ1) is 7.31. The summed E-state index contributed by atoms with van der Waals surface area (Å²) in [5.74, 6) is 0. The van der Waals surface area contributed by atoms with Crippen LogP contribution in [0.15, 0.2) is 29.8 Å². The predicted molar refractivity (Wildman–Crippen MR) is 66.9 cm³/mol. The van der Waals surface area contributed by atoms with Crippen molar-refractivity contribution in [2.24, 2.45) is 0 Å². The van der Waals surface area contributed by atoms with Gasteiger partial charge in [0.05, 0.1) is 0 Å². The van der Waals surface area contributed by atoms with Crippen LogP contribution >= 0.6 is 0 Å². The zero-order valence-corrected chi connectivity index (χ0v) is 9.84. The smallest absolute Gasteiger partial charge is 0.0225 e. The molecule has 0 aliphatic heterocycles. The molecule has 0 saturated carbocycles. The summed E-state index contributed by atoms with van der Waals surface area (Å²) >= 11 is 0. The highest BCUT2D eigenvalue weighted by atomic mass is 14.2. The van der Waals surface area contributed by atoms with E-state index in [0.717, 1.165) is 0 Å². The molecule has 0 unspecified atom stereocenters. The van der Waals surface area contributed by atoms with Gasteiger partial charge in [-0.05, 0) is 50.2 Å². The summed E-state index contributed by atoms with van der Waals surface area (Å²) < 4.78 is 0. The Morgan fingerprint density at radius 3 is 2.33 bits per heavy atom. The van der Waals surface area contributed by atoms with E-state index in [1.165, 1.54) is 43.2 Å². The van der Waals surface area contributed by atoms with Gasteiger partial charge >= 0.3 is 0 Å². The zero-order chi connectivity index (χ0) is 10.7. The molecular formula is C15H20. The summed E-state index contributed by atoms with van der Waals surface area (Å²) in [6, 6.07) is 9.02. The highest BCUT2D eigenvalue weighted by molar-refractivity contribution is 5.69. The third-order valence-corrected chi connectivity index (χ3v) is 3.41. The highest BCUT2D eigenvalue weighted by Gasteiger charge is 2.12. The fraction of sp³-hybridized carbons (Fsp3) is 0.467. The summed E-state index contributed by atoms with van der Waals surface area (Å²) in [6.07, 6.45) is 6.58. The first kappa shape index (κ1) is 10.5. The van der Waals surface area contributed by atoms with E-state index in [2.05, 4.69) is 38.1 Å². The van der Waals surface area contributed by atoms with Crippen molar-refractivity contribution in [3.8, 4) is 0 Å². The normalized spacial score (nSPS) is 16.9. The van der Waals surface area contributed by atoms with E-state index in [1.54, 1.807) is 11.1 Å². The van der Waals surface area contributed by atoms with Crippen molar-refractivity contribution >= 4 is 5.57 Å². The second-order valence-electron chi connectivity index (χ2n) is 4.51. The molecule has 0 nitrogen and oxygen atoms in total. The number of aryl methyl sites for hydroxylation is 1. The average Bonchev–Trinajstić information content (AvgIpc) is 2.30. The van der Waals surface area contributed by atoms with Crippen LogP contribution in [0.4, 0.5) is 0 Å². The van der Waals surface area contributed by atoms with Gasteiger partial charge in [0, 0.05) is 0 Å². The van der Waals surface area contributed by atoms with Crippen LogP contribution in [0.1, 0.15) is 50.2 Å². The zero-order valence-electron chi connectivity index (χ0n) is 9.84. The Kier molecular flexibility index (Phi) is 3.25. The van der Waals surface area contributed by atoms with E-state index >= 15 is 0 Å². The SMILES string of the molecule is CCC1=C(c2ccc(C)cc2)CCCC1. The van der Waals surface area contributed by atoms with Crippen molar-refractivity contribution < 1.29 is 0 Å². The van der Waals surface area contributed by atoms with Crippen LogP contribution in [0.5, 0.6) is 0 Å². The van der Waals surface area contributed by atoms with Crippen LogP contribution in [0.3, 0.4) is 0 Å². The summed E-state index contributed by atoms with van der Waals surface area (Å²) in [5, 5.41) is 0. The molecule has 0 radical (unpaired) electrons. The minimum absolute atomic E-state index is 1.23.